The van der Waals surface area contributed by atoms with E-state index in [1.807, 2.05) is 18.2 Å². The summed E-state index contributed by atoms with van der Waals surface area (Å²) in [6.07, 6.45) is 1.56. The van der Waals surface area contributed by atoms with Crippen LogP contribution in [0.4, 0.5) is 5.69 Å². The van der Waals surface area contributed by atoms with Gasteiger partial charge in [0.15, 0.2) is 5.75 Å². The first kappa shape index (κ1) is 16.3. The highest BCUT2D eigenvalue weighted by molar-refractivity contribution is 5.58. The van der Waals surface area contributed by atoms with E-state index >= 15 is 0 Å². The van der Waals surface area contributed by atoms with Crippen molar-refractivity contribution >= 4 is 18.3 Å². The van der Waals surface area contributed by atoms with Crippen molar-refractivity contribution in [3.63, 3.8) is 0 Å². The minimum Gasteiger partial charge on any atom is -0.490 e. The van der Waals surface area contributed by atoms with Gasteiger partial charge in [-0.05, 0) is 29.8 Å². The highest BCUT2D eigenvalue weighted by atomic mass is 16.6. The van der Waals surface area contributed by atoms with Crippen LogP contribution in [0.25, 0.3) is 18.3 Å². The molecule has 2 aromatic carbocycles. The Labute approximate surface area is 142 Å². The molecule has 25 heavy (non-hydrogen) atoms. The van der Waals surface area contributed by atoms with Crippen LogP contribution < -0.4 is 20.9 Å². The summed E-state index contributed by atoms with van der Waals surface area (Å²) in [5, 5.41) is 14.8. The standard InChI is InChI=1S/C18H15N3O4/c1-12-15(18(22)20(19-12)14-6-4-3-5-7-14)10-13-8-9-17(25-2)16(11-13)21(23)24/h3-11,19H,1H2,2H3/b15-10-. The van der Waals surface area contributed by atoms with E-state index in [0.29, 0.717) is 21.8 Å². The van der Waals surface area contributed by atoms with E-state index in [-0.39, 0.29) is 17.0 Å². The number of H-pyrrole nitrogens is 1. The molecule has 7 heteroatoms. The third-order valence-corrected chi connectivity index (χ3v) is 3.73. The first-order chi connectivity index (χ1) is 12.0. The molecule has 0 fully saturated rings. The molecule has 3 rings (SSSR count). The van der Waals surface area contributed by atoms with Crippen molar-refractivity contribution in [3.05, 3.63) is 85.1 Å². The Bertz CT molecular complexity index is 1100. The van der Waals surface area contributed by atoms with Gasteiger partial charge in [0.2, 0.25) is 0 Å². The number of aromatic amines is 1. The van der Waals surface area contributed by atoms with Gasteiger partial charge in [0, 0.05) is 6.07 Å². The summed E-state index contributed by atoms with van der Waals surface area (Å²) in [5.74, 6) is 0.160. The number of aromatic nitrogens is 2. The van der Waals surface area contributed by atoms with Crippen molar-refractivity contribution in [2.75, 3.05) is 7.11 Å². The molecule has 126 valence electrons. The van der Waals surface area contributed by atoms with Crippen LogP contribution in [-0.2, 0) is 0 Å². The van der Waals surface area contributed by atoms with Gasteiger partial charge in [-0.3, -0.25) is 20.0 Å². The Morgan fingerprint density at radius 1 is 1.24 bits per heavy atom. The van der Waals surface area contributed by atoms with Crippen LogP contribution in [0.1, 0.15) is 5.56 Å². The number of benzene rings is 2. The van der Waals surface area contributed by atoms with E-state index in [1.165, 1.54) is 23.9 Å². The van der Waals surface area contributed by atoms with Crippen molar-refractivity contribution in [3.8, 4) is 11.4 Å². The molecule has 0 saturated heterocycles. The fraction of sp³-hybridized carbons (Fsp3) is 0.0556. The van der Waals surface area contributed by atoms with Crippen molar-refractivity contribution in [1.82, 2.24) is 9.78 Å². The highest BCUT2D eigenvalue weighted by Gasteiger charge is 2.14. The summed E-state index contributed by atoms with van der Waals surface area (Å²) in [5.41, 5.74) is 0.738. The predicted molar refractivity (Wildman–Crippen MR) is 94.4 cm³/mol. The predicted octanol–water partition coefficient (Wildman–Crippen LogP) is 1.32. The molecule has 0 unspecified atom stereocenters. The second-order valence-corrected chi connectivity index (χ2v) is 5.31. The van der Waals surface area contributed by atoms with Crippen LogP contribution in [0.2, 0.25) is 0 Å². The molecular weight excluding hydrogens is 322 g/mol. The number of methoxy groups -OCH3 is 1. The molecule has 0 bridgehead atoms. The van der Waals surface area contributed by atoms with Gasteiger partial charge >= 0.3 is 5.69 Å². The Balaban J connectivity index is 2.17. The maximum atomic E-state index is 12.6. The molecule has 0 aliphatic heterocycles. The zero-order valence-electron chi connectivity index (χ0n) is 13.4. The maximum Gasteiger partial charge on any atom is 0.311 e. The molecular formula is C18H15N3O4. The van der Waals surface area contributed by atoms with Gasteiger partial charge in [-0.25, -0.2) is 4.68 Å². The summed E-state index contributed by atoms with van der Waals surface area (Å²) in [6, 6.07) is 13.6. The highest BCUT2D eigenvalue weighted by Crippen LogP contribution is 2.27. The normalized spacial score (nSPS) is 11.5. The second-order valence-electron chi connectivity index (χ2n) is 5.31. The van der Waals surface area contributed by atoms with Gasteiger partial charge in [-0.15, -0.1) is 0 Å². The number of nitro groups is 1. The summed E-state index contributed by atoms with van der Waals surface area (Å²) >= 11 is 0. The number of hydrogen-bond donors (Lipinski definition) is 1. The molecule has 1 heterocycles. The molecule has 0 atom stereocenters. The number of nitro benzene ring substituents is 1. The number of rotatable bonds is 4. The average Bonchev–Trinajstić information content (AvgIpc) is 2.90. The monoisotopic (exact) mass is 337 g/mol. The Morgan fingerprint density at radius 3 is 2.60 bits per heavy atom. The lowest BCUT2D eigenvalue weighted by Crippen LogP contribution is -2.33. The van der Waals surface area contributed by atoms with Crippen molar-refractivity contribution in [2.45, 2.75) is 0 Å². The van der Waals surface area contributed by atoms with Crippen molar-refractivity contribution < 1.29 is 9.66 Å². The lowest BCUT2D eigenvalue weighted by atomic mass is 10.1. The van der Waals surface area contributed by atoms with Crippen LogP contribution in [0, 0.1) is 10.1 Å². The van der Waals surface area contributed by atoms with E-state index in [0.717, 1.165) is 0 Å². The molecule has 1 aromatic heterocycles. The van der Waals surface area contributed by atoms with E-state index in [1.54, 1.807) is 24.3 Å². The van der Waals surface area contributed by atoms with Crippen LogP contribution >= 0.6 is 0 Å². The molecule has 0 amide bonds. The largest absolute Gasteiger partial charge is 0.490 e. The third-order valence-electron chi connectivity index (χ3n) is 3.73. The van der Waals surface area contributed by atoms with Gasteiger partial charge in [0.25, 0.3) is 5.56 Å². The first-order valence-corrected chi connectivity index (χ1v) is 7.41. The van der Waals surface area contributed by atoms with E-state index in [9.17, 15) is 14.9 Å². The number of ether oxygens (including phenoxy) is 1. The first-order valence-electron chi connectivity index (χ1n) is 7.41. The molecule has 1 N–H and O–H groups in total. The topological polar surface area (TPSA) is 90.2 Å². The smallest absolute Gasteiger partial charge is 0.311 e. The fourth-order valence-corrected chi connectivity index (χ4v) is 2.51. The maximum absolute atomic E-state index is 12.6. The number of nitrogens with one attached hydrogen (secondary N) is 1. The molecule has 7 nitrogen and oxygen atoms in total. The number of hydrogen-bond acceptors (Lipinski definition) is 4. The zero-order chi connectivity index (χ0) is 18.0. The SMILES string of the molecule is C=c1[nH]n(-c2ccccc2)c(=O)/c1=C\c1ccc(OC)c([N+](=O)[O-])c1. The fourth-order valence-electron chi connectivity index (χ4n) is 2.51. The molecule has 0 spiro atoms. The van der Waals surface area contributed by atoms with Crippen LogP contribution in [0.3, 0.4) is 0 Å². The number of para-hydroxylation sites is 1. The van der Waals surface area contributed by atoms with Gasteiger partial charge in [0.05, 0.1) is 28.3 Å². The minimum absolute atomic E-state index is 0.160. The van der Waals surface area contributed by atoms with Crippen molar-refractivity contribution in [1.29, 1.82) is 0 Å². The summed E-state index contributed by atoms with van der Waals surface area (Å²) in [7, 11) is 1.37. The average molecular weight is 337 g/mol. The number of nitrogens with zero attached hydrogens (tertiary/aromatic N) is 2. The van der Waals surface area contributed by atoms with Crippen LogP contribution in [0.15, 0.2) is 53.3 Å². The third kappa shape index (κ3) is 3.07. The van der Waals surface area contributed by atoms with E-state index in [4.69, 9.17) is 4.74 Å². The molecule has 3 aromatic rings. The Morgan fingerprint density at radius 2 is 1.96 bits per heavy atom. The lowest BCUT2D eigenvalue weighted by Gasteiger charge is -2.01. The van der Waals surface area contributed by atoms with Gasteiger partial charge in [-0.1, -0.05) is 30.8 Å². The Hall–Kier alpha value is -3.61. The quantitative estimate of drug-likeness (QED) is 0.574. The van der Waals surface area contributed by atoms with Gasteiger partial charge in [-0.2, -0.15) is 0 Å². The van der Waals surface area contributed by atoms with Gasteiger partial charge in [0.1, 0.15) is 0 Å². The lowest BCUT2D eigenvalue weighted by molar-refractivity contribution is -0.385. The van der Waals surface area contributed by atoms with E-state index < -0.39 is 4.92 Å². The van der Waals surface area contributed by atoms with Gasteiger partial charge < -0.3 is 4.74 Å². The van der Waals surface area contributed by atoms with E-state index in [2.05, 4.69) is 11.7 Å². The van der Waals surface area contributed by atoms with Crippen LogP contribution in [0.5, 0.6) is 5.75 Å². The zero-order valence-corrected chi connectivity index (χ0v) is 13.4. The summed E-state index contributed by atoms with van der Waals surface area (Å²) < 4.78 is 6.36. The minimum atomic E-state index is -0.527. The molecule has 0 radical (unpaired) electrons. The van der Waals surface area contributed by atoms with Crippen LogP contribution in [-0.4, -0.2) is 21.8 Å². The summed E-state index contributed by atoms with van der Waals surface area (Å²) in [4.78, 5) is 23.2. The molecule has 0 aliphatic rings. The Kier molecular flexibility index (Phi) is 4.21. The molecule has 0 saturated carbocycles. The van der Waals surface area contributed by atoms with Crippen molar-refractivity contribution in [2.24, 2.45) is 0 Å². The second kappa shape index (κ2) is 6.48. The summed E-state index contributed by atoms with van der Waals surface area (Å²) in [6.45, 7) is 3.85. The molecule has 0 aliphatic carbocycles.